The third-order valence-electron chi connectivity index (χ3n) is 10.2. The van der Waals surface area contributed by atoms with Gasteiger partial charge >= 0.3 is 0 Å². The van der Waals surface area contributed by atoms with Crippen LogP contribution >= 0.6 is 0 Å². The van der Waals surface area contributed by atoms with Gasteiger partial charge in [-0.3, -0.25) is 9.97 Å². The lowest BCUT2D eigenvalue weighted by molar-refractivity contribution is 1.18. The van der Waals surface area contributed by atoms with E-state index < -0.39 is 0 Å². The van der Waals surface area contributed by atoms with Crippen LogP contribution in [0.25, 0.3) is 99.7 Å². The van der Waals surface area contributed by atoms with Gasteiger partial charge in [0.25, 0.3) is 0 Å². The molecule has 0 saturated heterocycles. The van der Waals surface area contributed by atoms with Crippen LogP contribution in [0, 0.1) is 0 Å². The summed E-state index contributed by atoms with van der Waals surface area (Å²) in [6.07, 6.45) is 5.58. The van der Waals surface area contributed by atoms with Crippen LogP contribution in [0.4, 0.5) is 0 Å². The van der Waals surface area contributed by atoms with E-state index in [4.69, 9.17) is 15.0 Å². The van der Waals surface area contributed by atoms with Gasteiger partial charge in [-0.25, -0.2) is 9.97 Å². The first-order chi connectivity index (χ1) is 26.8. The predicted octanol–water partition coefficient (Wildman–Crippen LogP) is 12.7. The Hall–Kier alpha value is -7.30. The Morgan fingerprint density at radius 2 is 0.907 bits per heavy atom. The monoisotopic (exact) mass is 688 g/mol. The average molecular weight is 689 g/mol. The molecule has 0 amide bonds. The maximum Gasteiger partial charge on any atom is 0.160 e. The van der Waals surface area contributed by atoms with Crippen molar-refractivity contribution in [1.82, 2.24) is 19.9 Å². The fraction of sp³-hybridized carbons (Fsp3) is 0. The molecule has 0 N–H and O–H groups in total. The van der Waals surface area contributed by atoms with Crippen LogP contribution in [0.2, 0.25) is 0 Å². The minimum atomic E-state index is 0.655. The molecule has 0 aliphatic rings. The molecule has 3 heterocycles. The van der Waals surface area contributed by atoms with Gasteiger partial charge in [0, 0.05) is 40.7 Å². The first-order valence-corrected chi connectivity index (χ1v) is 18.1. The number of rotatable bonds is 6. The van der Waals surface area contributed by atoms with E-state index in [2.05, 4.69) is 157 Å². The molecule has 0 aliphatic carbocycles. The first-order valence-electron chi connectivity index (χ1n) is 18.1. The maximum atomic E-state index is 5.23. The number of hydrogen-bond donors (Lipinski definition) is 0. The van der Waals surface area contributed by atoms with Gasteiger partial charge in [0.1, 0.15) is 0 Å². The zero-order valence-electron chi connectivity index (χ0n) is 29.3. The van der Waals surface area contributed by atoms with Crippen molar-refractivity contribution in [2.45, 2.75) is 0 Å². The number of aromatic nitrogens is 4. The summed E-state index contributed by atoms with van der Waals surface area (Å²) in [5.74, 6) is 0.655. The van der Waals surface area contributed by atoms with E-state index in [0.717, 1.165) is 55.7 Å². The van der Waals surface area contributed by atoms with Gasteiger partial charge in [-0.1, -0.05) is 146 Å². The normalized spacial score (nSPS) is 11.3. The second-order valence-electron chi connectivity index (χ2n) is 13.5. The average Bonchev–Trinajstić information content (AvgIpc) is 3.26. The Labute approximate surface area is 313 Å². The van der Waals surface area contributed by atoms with E-state index in [-0.39, 0.29) is 0 Å². The van der Waals surface area contributed by atoms with Gasteiger partial charge < -0.3 is 0 Å². The van der Waals surface area contributed by atoms with E-state index in [1.165, 1.54) is 38.2 Å². The maximum absolute atomic E-state index is 5.23. The number of pyridine rings is 2. The molecular formula is C50H32N4. The Balaban J connectivity index is 1.16. The zero-order valence-corrected chi connectivity index (χ0v) is 29.3. The lowest BCUT2D eigenvalue weighted by Crippen LogP contribution is -1.97. The van der Waals surface area contributed by atoms with Gasteiger partial charge in [-0.05, 0) is 85.3 Å². The summed E-state index contributed by atoms with van der Waals surface area (Å²) >= 11 is 0. The Morgan fingerprint density at radius 1 is 0.333 bits per heavy atom. The second-order valence-corrected chi connectivity index (χ2v) is 13.5. The van der Waals surface area contributed by atoms with Gasteiger partial charge in [-0.2, -0.15) is 0 Å². The summed E-state index contributed by atoms with van der Waals surface area (Å²) < 4.78 is 0. The summed E-state index contributed by atoms with van der Waals surface area (Å²) in [6, 6.07) is 61.9. The molecule has 7 aromatic carbocycles. The molecule has 0 saturated carbocycles. The predicted molar refractivity (Wildman–Crippen MR) is 223 cm³/mol. The summed E-state index contributed by atoms with van der Waals surface area (Å²) in [6.45, 7) is 0. The number of nitrogens with zero attached hydrogens (tertiary/aromatic N) is 4. The van der Waals surface area contributed by atoms with Crippen LogP contribution < -0.4 is 0 Å². The smallest absolute Gasteiger partial charge is 0.160 e. The number of para-hydroxylation sites is 1. The van der Waals surface area contributed by atoms with Crippen molar-refractivity contribution >= 4 is 32.4 Å². The lowest BCUT2D eigenvalue weighted by Gasteiger charge is -2.18. The topological polar surface area (TPSA) is 51.6 Å². The molecule has 10 aromatic rings. The summed E-state index contributed by atoms with van der Waals surface area (Å²) in [4.78, 5) is 19.5. The van der Waals surface area contributed by atoms with E-state index in [1.807, 2.05) is 36.7 Å². The zero-order chi connectivity index (χ0) is 35.8. The summed E-state index contributed by atoms with van der Waals surface area (Å²) in [5, 5.41) is 5.96. The Morgan fingerprint density at radius 3 is 1.61 bits per heavy atom. The fourth-order valence-electron chi connectivity index (χ4n) is 7.62. The molecular weight excluding hydrogens is 657 g/mol. The third kappa shape index (κ3) is 5.67. The quantitative estimate of drug-likeness (QED) is 0.163. The van der Waals surface area contributed by atoms with Gasteiger partial charge in [-0.15, -0.1) is 0 Å². The van der Waals surface area contributed by atoms with E-state index in [1.54, 1.807) is 6.20 Å². The fourth-order valence-corrected chi connectivity index (χ4v) is 7.62. The van der Waals surface area contributed by atoms with Crippen molar-refractivity contribution in [1.29, 1.82) is 0 Å². The van der Waals surface area contributed by atoms with Crippen molar-refractivity contribution < 1.29 is 0 Å². The molecule has 0 spiro atoms. The molecule has 0 radical (unpaired) electrons. The minimum absolute atomic E-state index is 0.655. The molecule has 252 valence electrons. The van der Waals surface area contributed by atoms with Crippen LogP contribution in [0.1, 0.15) is 0 Å². The molecule has 3 aromatic heterocycles. The highest BCUT2D eigenvalue weighted by Gasteiger charge is 2.18. The molecule has 0 unspecified atom stereocenters. The standard InChI is InChI=1S/C50H32N4/c1-2-12-34(13-3-1)48-41-18-5-7-20-43(41)49(44-21-8-6-19-42(44)48)38-16-10-15-37(28-38)46-30-47(40-29-36-14-4-9-22-45(36)52-32-40)54-50(53-46)35-25-23-33(24-26-35)39-17-11-27-51-31-39/h1-32H. The van der Waals surface area contributed by atoms with Crippen LogP contribution in [0.5, 0.6) is 0 Å². The molecule has 0 fully saturated rings. The molecule has 10 rings (SSSR count). The minimum Gasteiger partial charge on any atom is -0.264 e. The number of hydrogen-bond acceptors (Lipinski definition) is 4. The highest BCUT2D eigenvalue weighted by Crippen LogP contribution is 2.44. The van der Waals surface area contributed by atoms with Crippen LogP contribution in [-0.2, 0) is 0 Å². The van der Waals surface area contributed by atoms with Gasteiger partial charge in [0.2, 0.25) is 0 Å². The van der Waals surface area contributed by atoms with Crippen LogP contribution in [-0.4, -0.2) is 19.9 Å². The van der Waals surface area contributed by atoms with Crippen molar-refractivity contribution in [3.63, 3.8) is 0 Å². The van der Waals surface area contributed by atoms with Gasteiger partial charge in [0.15, 0.2) is 5.82 Å². The van der Waals surface area contributed by atoms with Gasteiger partial charge in [0.05, 0.1) is 16.9 Å². The second kappa shape index (κ2) is 13.4. The lowest BCUT2D eigenvalue weighted by atomic mass is 9.85. The molecule has 54 heavy (non-hydrogen) atoms. The number of fused-ring (bicyclic) bond motifs is 3. The van der Waals surface area contributed by atoms with Crippen molar-refractivity contribution in [3.05, 3.63) is 195 Å². The Bertz CT molecular complexity index is 2920. The van der Waals surface area contributed by atoms with E-state index in [0.29, 0.717) is 5.82 Å². The largest absolute Gasteiger partial charge is 0.264 e. The summed E-state index contributed by atoms with van der Waals surface area (Å²) in [7, 11) is 0. The SMILES string of the molecule is c1ccc(-c2c3ccccc3c(-c3cccc(-c4cc(-c5cnc6ccccc6c5)nc(-c5ccc(-c6cccnc6)cc5)n4)c3)c3ccccc23)cc1. The molecule has 4 heteroatoms. The molecule has 0 aliphatic heterocycles. The van der Waals surface area contributed by atoms with Crippen molar-refractivity contribution in [2.75, 3.05) is 0 Å². The van der Waals surface area contributed by atoms with E-state index >= 15 is 0 Å². The summed E-state index contributed by atoms with van der Waals surface area (Å²) in [5.41, 5.74) is 12.5. The molecule has 4 nitrogen and oxygen atoms in total. The highest BCUT2D eigenvalue weighted by atomic mass is 14.9. The van der Waals surface area contributed by atoms with Crippen LogP contribution in [0.15, 0.2) is 195 Å². The highest BCUT2D eigenvalue weighted by molar-refractivity contribution is 6.21. The van der Waals surface area contributed by atoms with Crippen LogP contribution in [0.3, 0.4) is 0 Å². The van der Waals surface area contributed by atoms with Crippen molar-refractivity contribution in [3.8, 4) is 67.3 Å². The van der Waals surface area contributed by atoms with E-state index in [9.17, 15) is 0 Å². The molecule has 0 bridgehead atoms. The molecule has 0 atom stereocenters. The third-order valence-corrected chi connectivity index (χ3v) is 10.2. The van der Waals surface area contributed by atoms with Crippen molar-refractivity contribution in [2.24, 2.45) is 0 Å². The first kappa shape index (κ1) is 31.4. The Kier molecular flexibility index (Phi) is 7.77. The number of benzene rings is 7.